The van der Waals surface area contributed by atoms with Crippen molar-refractivity contribution in [2.24, 2.45) is 5.92 Å². The Labute approximate surface area is 51.3 Å². The highest BCUT2D eigenvalue weighted by Gasteiger charge is 1.98. The largest absolute Gasteiger partial charge is 0.103 e. The van der Waals surface area contributed by atoms with Crippen molar-refractivity contribution in [2.75, 3.05) is 0 Å². The van der Waals surface area contributed by atoms with E-state index in [0.29, 0.717) is 5.92 Å². The molecule has 1 aliphatic rings. The third kappa shape index (κ3) is 1.58. The van der Waals surface area contributed by atoms with E-state index in [9.17, 15) is 0 Å². The van der Waals surface area contributed by atoms with E-state index < -0.39 is 0 Å². The number of hydrogen-bond acceptors (Lipinski definition) is 0. The topological polar surface area (TPSA) is 0 Å². The van der Waals surface area contributed by atoms with Crippen LogP contribution >= 0.6 is 0 Å². The van der Waals surface area contributed by atoms with Crippen LogP contribution in [0.1, 0.15) is 32.6 Å². The van der Waals surface area contributed by atoms with Crippen LogP contribution in [0, 0.1) is 17.8 Å². The first-order chi connectivity index (χ1) is 3.89. The molecule has 0 aromatic rings. The maximum Gasteiger partial charge on any atom is 0.0174 e. The molecule has 0 saturated carbocycles. The van der Waals surface area contributed by atoms with E-state index in [0.717, 1.165) is 6.42 Å². The Balaban J connectivity index is 2.39. The summed E-state index contributed by atoms with van der Waals surface area (Å²) in [6.07, 6.45) is 5.12. The molecule has 0 heteroatoms. The maximum atomic E-state index is 3.19. The molecule has 0 aliphatic heterocycles. The van der Waals surface area contributed by atoms with E-state index in [-0.39, 0.29) is 0 Å². The van der Waals surface area contributed by atoms with Crippen LogP contribution in [0.2, 0.25) is 0 Å². The molecule has 0 aromatic carbocycles. The molecule has 44 valence electrons. The molecule has 0 nitrogen and oxygen atoms in total. The summed E-state index contributed by atoms with van der Waals surface area (Å²) in [7, 11) is 0. The van der Waals surface area contributed by atoms with E-state index in [1.165, 1.54) is 19.3 Å². The lowest BCUT2D eigenvalue weighted by atomic mass is 10.1. The standard InChI is InChI=1S/C8H12/c1-8-6-4-2-3-5-7-8/h8H,2-4,6H2,1H3. The highest BCUT2D eigenvalue weighted by molar-refractivity contribution is 5.03. The quantitative estimate of drug-likeness (QED) is 0.417. The van der Waals surface area contributed by atoms with Gasteiger partial charge in [0.2, 0.25) is 0 Å². The minimum absolute atomic E-state index is 0.664. The van der Waals surface area contributed by atoms with Crippen molar-refractivity contribution >= 4 is 0 Å². The van der Waals surface area contributed by atoms with E-state index >= 15 is 0 Å². The van der Waals surface area contributed by atoms with Gasteiger partial charge in [0.05, 0.1) is 0 Å². The van der Waals surface area contributed by atoms with Crippen LogP contribution in [0.3, 0.4) is 0 Å². The molecular weight excluding hydrogens is 96.1 g/mol. The van der Waals surface area contributed by atoms with Crippen molar-refractivity contribution in [3.05, 3.63) is 0 Å². The fourth-order valence-electron chi connectivity index (χ4n) is 0.982. The van der Waals surface area contributed by atoms with Crippen molar-refractivity contribution in [3.8, 4) is 11.8 Å². The molecule has 0 bridgehead atoms. The minimum atomic E-state index is 0.664. The summed E-state index contributed by atoms with van der Waals surface area (Å²) < 4.78 is 0. The van der Waals surface area contributed by atoms with Gasteiger partial charge >= 0.3 is 0 Å². The van der Waals surface area contributed by atoms with Gasteiger partial charge in [0.1, 0.15) is 0 Å². The lowest BCUT2D eigenvalue weighted by Gasteiger charge is -1.96. The molecule has 1 aliphatic carbocycles. The summed E-state index contributed by atoms with van der Waals surface area (Å²) in [6, 6.07) is 0. The van der Waals surface area contributed by atoms with Gasteiger partial charge in [0.15, 0.2) is 0 Å². The fourth-order valence-corrected chi connectivity index (χ4v) is 0.982. The Hall–Kier alpha value is -0.440. The van der Waals surface area contributed by atoms with Gasteiger partial charge in [-0.05, 0) is 12.8 Å². The molecule has 0 saturated heterocycles. The number of rotatable bonds is 0. The van der Waals surface area contributed by atoms with Crippen LogP contribution in [-0.4, -0.2) is 0 Å². The highest BCUT2D eigenvalue weighted by Crippen LogP contribution is 2.10. The van der Waals surface area contributed by atoms with Crippen molar-refractivity contribution < 1.29 is 0 Å². The average molecular weight is 108 g/mol. The minimum Gasteiger partial charge on any atom is -0.103 e. The first-order valence-corrected chi connectivity index (χ1v) is 3.38. The van der Waals surface area contributed by atoms with E-state index in [2.05, 4.69) is 18.8 Å². The van der Waals surface area contributed by atoms with Crippen LogP contribution in [0.15, 0.2) is 0 Å². The fraction of sp³-hybridized carbons (Fsp3) is 0.750. The van der Waals surface area contributed by atoms with Gasteiger partial charge in [-0.25, -0.2) is 0 Å². The second kappa shape index (κ2) is 2.77. The molecule has 1 rings (SSSR count). The zero-order valence-corrected chi connectivity index (χ0v) is 5.41. The average Bonchev–Trinajstić information content (AvgIpc) is 1.94. The summed E-state index contributed by atoms with van der Waals surface area (Å²) in [5.74, 6) is 7.01. The van der Waals surface area contributed by atoms with Crippen LogP contribution in [0.25, 0.3) is 0 Å². The smallest absolute Gasteiger partial charge is 0.0174 e. The van der Waals surface area contributed by atoms with E-state index in [1.807, 2.05) is 0 Å². The van der Waals surface area contributed by atoms with Gasteiger partial charge in [-0.1, -0.05) is 13.3 Å². The van der Waals surface area contributed by atoms with Crippen molar-refractivity contribution in [3.63, 3.8) is 0 Å². The van der Waals surface area contributed by atoms with Gasteiger partial charge < -0.3 is 0 Å². The summed E-state index contributed by atoms with van der Waals surface area (Å²) in [4.78, 5) is 0. The van der Waals surface area contributed by atoms with Crippen molar-refractivity contribution in [1.82, 2.24) is 0 Å². The molecule has 0 heterocycles. The Kier molecular flexibility index (Phi) is 1.97. The van der Waals surface area contributed by atoms with Crippen molar-refractivity contribution in [2.45, 2.75) is 32.6 Å². The lowest BCUT2D eigenvalue weighted by molar-refractivity contribution is 0.614. The molecule has 0 N–H and O–H groups in total. The molecular formula is C8H12. The van der Waals surface area contributed by atoms with Gasteiger partial charge in [-0.15, -0.1) is 11.8 Å². The second-order valence-corrected chi connectivity index (χ2v) is 2.47. The molecule has 0 fully saturated rings. The monoisotopic (exact) mass is 108 g/mol. The summed E-state index contributed by atoms with van der Waals surface area (Å²) in [5.41, 5.74) is 0. The first-order valence-electron chi connectivity index (χ1n) is 3.38. The third-order valence-corrected chi connectivity index (χ3v) is 1.54. The zero-order chi connectivity index (χ0) is 5.82. The molecule has 1 atom stereocenters. The lowest BCUT2D eigenvalue weighted by Crippen LogP contribution is -1.85. The van der Waals surface area contributed by atoms with Crippen LogP contribution in [0.5, 0.6) is 0 Å². The Bertz CT molecular complexity index is 114. The predicted molar refractivity (Wildman–Crippen MR) is 35.4 cm³/mol. The summed E-state index contributed by atoms with van der Waals surface area (Å²) >= 11 is 0. The molecule has 0 radical (unpaired) electrons. The van der Waals surface area contributed by atoms with Crippen LogP contribution in [-0.2, 0) is 0 Å². The summed E-state index contributed by atoms with van der Waals surface area (Å²) in [5, 5.41) is 0. The normalized spacial score (nSPS) is 27.9. The van der Waals surface area contributed by atoms with Gasteiger partial charge in [-0.3, -0.25) is 0 Å². The van der Waals surface area contributed by atoms with E-state index in [1.54, 1.807) is 0 Å². The summed E-state index contributed by atoms with van der Waals surface area (Å²) in [6.45, 7) is 2.21. The third-order valence-electron chi connectivity index (χ3n) is 1.54. The van der Waals surface area contributed by atoms with E-state index in [4.69, 9.17) is 0 Å². The SMILES string of the molecule is CC1C#CCCCC1. The zero-order valence-electron chi connectivity index (χ0n) is 5.41. The van der Waals surface area contributed by atoms with Gasteiger partial charge in [-0.2, -0.15) is 0 Å². The van der Waals surface area contributed by atoms with Gasteiger partial charge in [0, 0.05) is 12.3 Å². The molecule has 0 aromatic heterocycles. The van der Waals surface area contributed by atoms with Crippen LogP contribution < -0.4 is 0 Å². The molecule has 1 unspecified atom stereocenters. The number of hydrogen-bond donors (Lipinski definition) is 0. The Morgan fingerprint density at radius 2 is 2.25 bits per heavy atom. The predicted octanol–water partition coefficient (Wildman–Crippen LogP) is 2.20. The van der Waals surface area contributed by atoms with Crippen LogP contribution in [0.4, 0.5) is 0 Å². The highest BCUT2D eigenvalue weighted by atomic mass is 14.0. The molecule has 0 spiro atoms. The first kappa shape index (κ1) is 5.69. The molecule has 8 heavy (non-hydrogen) atoms. The Morgan fingerprint density at radius 1 is 1.38 bits per heavy atom. The van der Waals surface area contributed by atoms with Crippen molar-refractivity contribution in [1.29, 1.82) is 0 Å². The Morgan fingerprint density at radius 3 is 3.12 bits per heavy atom. The molecule has 0 amide bonds. The van der Waals surface area contributed by atoms with Gasteiger partial charge in [0.25, 0.3) is 0 Å². The maximum absolute atomic E-state index is 3.19. The second-order valence-electron chi connectivity index (χ2n) is 2.47.